The van der Waals surface area contributed by atoms with Crippen LogP contribution in [0, 0.1) is 0 Å². The first-order valence-corrected chi connectivity index (χ1v) is 11.6. The molecule has 4 amide bonds. The third-order valence-electron chi connectivity index (χ3n) is 5.64. The van der Waals surface area contributed by atoms with Crippen molar-refractivity contribution >= 4 is 41.5 Å². The van der Waals surface area contributed by atoms with Gasteiger partial charge in [-0.1, -0.05) is 6.42 Å². The van der Waals surface area contributed by atoms with E-state index >= 15 is 0 Å². The van der Waals surface area contributed by atoms with Gasteiger partial charge in [0, 0.05) is 48.1 Å². The van der Waals surface area contributed by atoms with Crippen LogP contribution in [-0.2, 0) is 23.9 Å². The molecule has 3 aliphatic rings. The number of ether oxygens (including phenoxy) is 1. The summed E-state index contributed by atoms with van der Waals surface area (Å²) in [6, 6.07) is 0.321. The van der Waals surface area contributed by atoms with Crippen molar-refractivity contribution in [2.24, 2.45) is 0 Å². The molecule has 0 aromatic rings. The first kappa shape index (κ1) is 23.1. The van der Waals surface area contributed by atoms with E-state index < -0.39 is 11.9 Å². The van der Waals surface area contributed by atoms with Crippen LogP contribution in [0.15, 0.2) is 11.1 Å². The SMILES string of the molecule is CC1=C(CCC(=O)NCCNC(=O)CCCCC2SCC3NC(=O)NC32)C(=O)OC1=O. The van der Waals surface area contributed by atoms with E-state index in [2.05, 4.69) is 26.0 Å². The van der Waals surface area contributed by atoms with Crippen LogP contribution in [0.2, 0.25) is 0 Å². The van der Waals surface area contributed by atoms with Crippen LogP contribution in [0.25, 0.3) is 0 Å². The fraction of sp³-hybridized carbons (Fsp3) is 0.650. The van der Waals surface area contributed by atoms with Crippen molar-refractivity contribution in [1.82, 2.24) is 21.3 Å². The van der Waals surface area contributed by atoms with Gasteiger partial charge < -0.3 is 26.0 Å². The van der Waals surface area contributed by atoms with Crippen LogP contribution < -0.4 is 21.3 Å². The number of amides is 4. The largest absolute Gasteiger partial charge is 0.386 e. The Morgan fingerprint density at radius 3 is 2.42 bits per heavy atom. The summed E-state index contributed by atoms with van der Waals surface area (Å²) in [4.78, 5) is 57.9. The summed E-state index contributed by atoms with van der Waals surface area (Å²) in [5, 5.41) is 11.7. The zero-order valence-electron chi connectivity index (χ0n) is 17.5. The molecule has 3 heterocycles. The van der Waals surface area contributed by atoms with E-state index in [0.717, 1.165) is 25.0 Å². The van der Waals surface area contributed by atoms with Crippen LogP contribution >= 0.6 is 11.8 Å². The number of carbonyl (C=O) groups excluding carboxylic acids is 5. The van der Waals surface area contributed by atoms with Gasteiger partial charge in [-0.05, 0) is 26.2 Å². The molecule has 3 atom stereocenters. The van der Waals surface area contributed by atoms with E-state index in [1.165, 1.54) is 6.92 Å². The molecule has 3 unspecified atom stereocenters. The smallest absolute Gasteiger partial charge is 0.342 e. The van der Waals surface area contributed by atoms with Gasteiger partial charge in [0.25, 0.3) is 0 Å². The van der Waals surface area contributed by atoms with Crippen molar-refractivity contribution in [3.8, 4) is 0 Å². The number of fused-ring (bicyclic) bond motifs is 1. The topological polar surface area (TPSA) is 143 Å². The minimum absolute atomic E-state index is 0.0602. The minimum atomic E-state index is -0.682. The molecule has 4 N–H and O–H groups in total. The fourth-order valence-corrected chi connectivity index (χ4v) is 5.43. The fourth-order valence-electron chi connectivity index (χ4n) is 3.88. The monoisotopic (exact) mass is 452 g/mol. The Hall–Kier alpha value is -2.56. The number of rotatable bonds is 11. The lowest BCUT2D eigenvalue weighted by Crippen LogP contribution is -2.36. The molecule has 0 aromatic heterocycles. The zero-order chi connectivity index (χ0) is 22.4. The molecular formula is C20H28N4O6S. The van der Waals surface area contributed by atoms with Gasteiger partial charge in [-0.2, -0.15) is 11.8 Å². The summed E-state index contributed by atoms with van der Waals surface area (Å²) < 4.78 is 4.48. The molecule has 0 radical (unpaired) electrons. The van der Waals surface area contributed by atoms with Gasteiger partial charge in [-0.3, -0.25) is 9.59 Å². The molecule has 0 saturated carbocycles. The predicted molar refractivity (Wildman–Crippen MR) is 113 cm³/mol. The van der Waals surface area contributed by atoms with Gasteiger partial charge in [0.2, 0.25) is 11.8 Å². The molecule has 0 bridgehead atoms. The number of urea groups is 1. The quantitative estimate of drug-likeness (QED) is 0.151. The lowest BCUT2D eigenvalue weighted by Gasteiger charge is -2.16. The molecule has 170 valence electrons. The van der Waals surface area contributed by atoms with Crippen molar-refractivity contribution in [2.45, 2.75) is 62.8 Å². The lowest BCUT2D eigenvalue weighted by atomic mass is 10.0. The third kappa shape index (κ3) is 6.22. The van der Waals surface area contributed by atoms with Gasteiger partial charge in [-0.15, -0.1) is 0 Å². The highest BCUT2D eigenvalue weighted by Gasteiger charge is 2.42. The normalized spacial score (nSPS) is 24.5. The highest BCUT2D eigenvalue weighted by atomic mass is 32.2. The summed E-state index contributed by atoms with van der Waals surface area (Å²) in [5.41, 5.74) is 0.493. The molecule has 10 nitrogen and oxygen atoms in total. The number of unbranched alkanes of at least 4 members (excludes halogenated alkanes) is 1. The first-order chi connectivity index (χ1) is 14.8. The first-order valence-electron chi connectivity index (χ1n) is 10.5. The second-order valence-electron chi connectivity index (χ2n) is 7.85. The van der Waals surface area contributed by atoms with Crippen LogP contribution in [0.5, 0.6) is 0 Å². The van der Waals surface area contributed by atoms with Crippen LogP contribution in [0.1, 0.15) is 45.4 Å². The average molecular weight is 453 g/mol. The number of hydrogen-bond donors (Lipinski definition) is 4. The number of hydrogen-bond acceptors (Lipinski definition) is 7. The molecule has 0 aromatic carbocycles. The second-order valence-corrected chi connectivity index (χ2v) is 9.12. The summed E-state index contributed by atoms with van der Waals surface area (Å²) >= 11 is 1.86. The summed E-state index contributed by atoms with van der Waals surface area (Å²) in [5.74, 6) is -0.729. The number of carbonyl (C=O) groups is 5. The summed E-state index contributed by atoms with van der Waals surface area (Å²) in [6.07, 6.45) is 3.30. The molecular weight excluding hydrogens is 424 g/mol. The standard InChI is InChI=1S/C20H28N4O6S/c1-11-12(19(28)30-18(11)27)6-7-16(26)22-9-8-21-15(25)5-3-2-4-14-17-13(10-31-14)23-20(29)24-17/h13-14,17H,2-10H2,1H3,(H,21,25)(H,22,26)(H2,23,24,29). The molecule has 31 heavy (non-hydrogen) atoms. The van der Waals surface area contributed by atoms with Crippen LogP contribution in [0.4, 0.5) is 4.79 Å². The maximum absolute atomic E-state index is 11.9. The molecule has 3 rings (SSSR count). The zero-order valence-corrected chi connectivity index (χ0v) is 18.3. The third-order valence-corrected chi connectivity index (χ3v) is 7.15. The molecule has 11 heteroatoms. The van der Waals surface area contributed by atoms with E-state index in [9.17, 15) is 24.0 Å². The number of cyclic esters (lactones) is 2. The average Bonchev–Trinajstić information content (AvgIpc) is 3.34. The maximum Gasteiger partial charge on any atom is 0.342 e. The van der Waals surface area contributed by atoms with Crippen molar-refractivity contribution < 1.29 is 28.7 Å². The number of esters is 2. The van der Waals surface area contributed by atoms with Crippen LogP contribution in [0.3, 0.4) is 0 Å². The Labute approximate surface area is 184 Å². The van der Waals surface area contributed by atoms with E-state index in [0.29, 0.717) is 24.8 Å². The Balaban J connectivity index is 1.20. The summed E-state index contributed by atoms with van der Waals surface area (Å²) in [7, 11) is 0. The second kappa shape index (κ2) is 10.7. The minimum Gasteiger partial charge on any atom is -0.386 e. The van der Waals surface area contributed by atoms with E-state index in [4.69, 9.17) is 0 Å². The Kier molecular flexibility index (Phi) is 7.94. The van der Waals surface area contributed by atoms with Gasteiger partial charge in [0.1, 0.15) is 0 Å². The van der Waals surface area contributed by atoms with Gasteiger partial charge in [0.15, 0.2) is 0 Å². The van der Waals surface area contributed by atoms with Crippen molar-refractivity contribution in [3.05, 3.63) is 11.1 Å². The lowest BCUT2D eigenvalue weighted by molar-refractivity contribution is -0.151. The van der Waals surface area contributed by atoms with Gasteiger partial charge in [-0.25, -0.2) is 14.4 Å². The maximum atomic E-state index is 11.9. The Bertz CT molecular complexity index is 799. The number of thioether (sulfide) groups is 1. The highest BCUT2D eigenvalue weighted by molar-refractivity contribution is 8.00. The van der Waals surface area contributed by atoms with Gasteiger partial charge in [0.05, 0.1) is 12.1 Å². The molecule has 3 aliphatic heterocycles. The van der Waals surface area contributed by atoms with Gasteiger partial charge >= 0.3 is 18.0 Å². The van der Waals surface area contributed by atoms with Crippen molar-refractivity contribution in [3.63, 3.8) is 0 Å². The number of nitrogens with one attached hydrogen (secondary N) is 4. The Morgan fingerprint density at radius 1 is 1.03 bits per heavy atom. The highest BCUT2D eigenvalue weighted by Crippen LogP contribution is 2.33. The van der Waals surface area contributed by atoms with E-state index in [1.54, 1.807) is 0 Å². The van der Waals surface area contributed by atoms with Crippen molar-refractivity contribution in [1.29, 1.82) is 0 Å². The summed E-state index contributed by atoms with van der Waals surface area (Å²) in [6.45, 7) is 2.12. The molecule has 0 spiro atoms. The molecule has 0 aliphatic carbocycles. The predicted octanol–water partition coefficient (Wildman–Crippen LogP) is 0.125. The molecule has 2 saturated heterocycles. The van der Waals surface area contributed by atoms with E-state index in [1.807, 2.05) is 11.8 Å². The van der Waals surface area contributed by atoms with Crippen LogP contribution in [-0.4, -0.2) is 66.0 Å². The Morgan fingerprint density at radius 2 is 1.74 bits per heavy atom. The van der Waals surface area contributed by atoms with Crippen molar-refractivity contribution in [2.75, 3.05) is 18.8 Å². The molecule has 2 fully saturated rings. The van der Waals surface area contributed by atoms with E-state index in [-0.39, 0.29) is 53.9 Å².